The van der Waals surface area contributed by atoms with Gasteiger partial charge in [0.1, 0.15) is 18.1 Å². The lowest BCUT2D eigenvalue weighted by atomic mass is 9.85. The molecule has 2 saturated heterocycles. The maximum absolute atomic E-state index is 12.6. The molecule has 0 aliphatic carbocycles. The van der Waals surface area contributed by atoms with Crippen LogP contribution >= 0.6 is 0 Å². The summed E-state index contributed by atoms with van der Waals surface area (Å²) in [6.07, 6.45) is -1.21. The highest BCUT2D eigenvalue weighted by atomic mass is 16.7. The Bertz CT molecular complexity index is 2240. The molecule has 6 atom stereocenters. The van der Waals surface area contributed by atoms with Gasteiger partial charge in [-0.2, -0.15) is 0 Å². The lowest BCUT2D eigenvalue weighted by molar-refractivity contribution is -0.165. The summed E-state index contributed by atoms with van der Waals surface area (Å²) in [5, 5.41) is 26.1. The topological polar surface area (TPSA) is 338 Å². The molecule has 2 fully saturated rings. The molecule has 2 aromatic rings. The molecule has 23 nitrogen and oxygen atoms in total. The highest BCUT2D eigenvalue weighted by molar-refractivity contribution is 6.40. The van der Waals surface area contributed by atoms with Gasteiger partial charge in [0, 0.05) is 49.8 Å². The van der Waals surface area contributed by atoms with Crippen molar-refractivity contribution in [1.29, 1.82) is 0 Å². The van der Waals surface area contributed by atoms with Crippen LogP contribution in [-0.4, -0.2) is 114 Å². The molecule has 23 heteroatoms. The SMILES string of the molecule is CC(=O)Nc1ccc(C(C)(C)C)c(NC(=O)C(=O)N[C@@H](C)C(=O)O)c1.CCO[C@H]1OC(=O)C[C@@H]1N.CCO[C@H]1OC(=O)C[C@@H]1NC(=O)[C@H](C)NC(=O)C(=O)Nc1cc(NC(C)=O)ccc1C(C)(C)C. The molecule has 0 radical (unpaired) electrons. The second-order valence-corrected chi connectivity index (χ2v) is 17.8. The van der Waals surface area contributed by atoms with Gasteiger partial charge in [-0.15, -0.1) is 0 Å². The number of carboxylic acid groups (broad SMARTS) is 1. The predicted octanol–water partition coefficient (Wildman–Crippen LogP) is 2.27. The Balaban J connectivity index is 0.000000405. The van der Waals surface area contributed by atoms with Gasteiger partial charge in [0.25, 0.3) is 0 Å². The summed E-state index contributed by atoms with van der Waals surface area (Å²) in [6, 6.07) is 6.79. The van der Waals surface area contributed by atoms with E-state index in [-0.39, 0.29) is 54.1 Å². The summed E-state index contributed by atoms with van der Waals surface area (Å²) in [4.78, 5) is 117. The number of anilines is 4. The number of benzene rings is 2. The molecule has 0 spiro atoms. The molecule has 0 bridgehead atoms. The smallest absolute Gasteiger partial charge is 0.325 e. The fourth-order valence-corrected chi connectivity index (χ4v) is 6.33. The molecule has 69 heavy (non-hydrogen) atoms. The summed E-state index contributed by atoms with van der Waals surface area (Å²) in [5.74, 6) is -7.21. The van der Waals surface area contributed by atoms with Crippen molar-refractivity contribution in [2.75, 3.05) is 34.5 Å². The van der Waals surface area contributed by atoms with Crippen LogP contribution in [0.5, 0.6) is 0 Å². The fraction of sp³-hybridized carbons (Fsp3) is 0.522. The minimum atomic E-state index is -1.25. The molecule has 0 saturated carbocycles. The zero-order valence-electron chi connectivity index (χ0n) is 41.0. The number of cyclic esters (lactones) is 2. The van der Waals surface area contributed by atoms with Gasteiger partial charge < -0.3 is 67.0 Å². The van der Waals surface area contributed by atoms with E-state index in [1.807, 2.05) is 48.5 Å². The first kappa shape index (κ1) is 58.1. The van der Waals surface area contributed by atoms with Crippen LogP contribution in [0.2, 0.25) is 0 Å². The third kappa shape index (κ3) is 19.3. The van der Waals surface area contributed by atoms with Gasteiger partial charge in [0.15, 0.2) is 0 Å². The molecule has 0 aromatic heterocycles. The van der Waals surface area contributed by atoms with Gasteiger partial charge in [-0.1, -0.05) is 53.7 Å². The van der Waals surface area contributed by atoms with Crippen LogP contribution in [0.15, 0.2) is 36.4 Å². The minimum Gasteiger partial charge on any atom is -0.480 e. The third-order valence-corrected chi connectivity index (χ3v) is 9.62. The van der Waals surface area contributed by atoms with E-state index in [0.29, 0.717) is 29.4 Å². The van der Waals surface area contributed by atoms with Crippen molar-refractivity contribution in [2.45, 2.75) is 144 Å². The number of ether oxygens (including phenoxy) is 4. The Morgan fingerprint density at radius 2 is 1.06 bits per heavy atom. The first-order valence-electron chi connectivity index (χ1n) is 22.0. The Labute approximate surface area is 400 Å². The predicted molar refractivity (Wildman–Crippen MR) is 251 cm³/mol. The average molecular weight is 971 g/mol. The zero-order valence-corrected chi connectivity index (χ0v) is 41.0. The quantitative estimate of drug-likeness (QED) is 0.103. The number of rotatable bonds is 13. The molecule has 380 valence electrons. The third-order valence-electron chi connectivity index (χ3n) is 9.62. The van der Waals surface area contributed by atoms with Crippen molar-refractivity contribution in [1.82, 2.24) is 16.0 Å². The Morgan fingerprint density at radius 1 is 0.652 bits per heavy atom. The molecule has 7 amide bonds. The van der Waals surface area contributed by atoms with Gasteiger partial charge in [0.2, 0.25) is 30.3 Å². The van der Waals surface area contributed by atoms with E-state index in [1.54, 1.807) is 43.3 Å². The summed E-state index contributed by atoms with van der Waals surface area (Å²) >= 11 is 0. The molecule has 4 rings (SSSR count). The molecule has 0 unspecified atom stereocenters. The van der Waals surface area contributed by atoms with E-state index >= 15 is 0 Å². The summed E-state index contributed by atoms with van der Waals surface area (Å²) < 4.78 is 20.0. The van der Waals surface area contributed by atoms with Gasteiger partial charge >= 0.3 is 41.5 Å². The van der Waals surface area contributed by atoms with Crippen molar-refractivity contribution in [2.24, 2.45) is 5.73 Å². The normalized spacial score (nSPS) is 18.2. The number of hydrogen-bond acceptors (Lipinski definition) is 15. The number of amides is 7. The molecule has 2 heterocycles. The minimum absolute atomic E-state index is 0.0578. The van der Waals surface area contributed by atoms with Crippen LogP contribution in [0.4, 0.5) is 22.7 Å². The molecular formula is C46H66N8O15. The second kappa shape index (κ2) is 26.0. The highest BCUT2D eigenvalue weighted by Gasteiger charge is 2.38. The van der Waals surface area contributed by atoms with Gasteiger partial charge in [-0.3, -0.25) is 47.9 Å². The van der Waals surface area contributed by atoms with Gasteiger partial charge in [-0.25, -0.2) is 0 Å². The van der Waals surface area contributed by atoms with Gasteiger partial charge in [0.05, 0.1) is 18.9 Å². The second-order valence-electron chi connectivity index (χ2n) is 17.8. The summed E-state index contributed by atoms with van der Waals surface area (Å²) in [5.41, 5.74) is 7.95. The van der Waals surface area contributed by atoms with Gasteiger partial charge in [-0.05, 0) is 73.9 Å². The Morgan fingerprint density at radius 3 is 1.43 bits per heavy atom. The maximum atomic E-state index is 12.6. The number of carboxylic acids is 1. The number of nitrogens with two attached hydrogens (primary N) is 1. The van der Waals surface area contributed by atoms with Crippen LogP contribution < -0.4 is 43.0 Å². The van der Waals surface area contributed by atoms with Crippen LogP contribution in [0.25, 0.3) is 0 Å². The van der Waals surface area contributed by atoms with Crippen molar-refractivity contribution in [3.05, 3.63) is 47.5 Å². The number of carbonyl (C=O) groups excluding carboxylic acids is 9. The fourth-order valence-electron chi connectivity index (χ4n) is 6.33. The number of nitrogens with one attached hydrogen (secondary N) is 7. The van der Waals surface area contributed by atoms with Crippen molar-refractivity contribution in [3.63, 3.8) is 0 Å². The molecular weight excluding hydrogens is 905 g/mol. The van der Waals surface area contributed by atoms with Crippen LogP contribution in [0.1, 0.15) is 107 Å². The Kier molecular flexibility index (Phi) is 21.9. The molecule has 2 aliphatic heterocycles. The number of esters is 2. The highest BCUT2D eigenvalue weighted by Crippen LogP contribution is 2.33. The van der Waals surface area contributed by atoms with E-state index in [9.17, 15) is 47.9 Å². The summed E-state index contributed by atoms with van der Waals surface area (Å²) in [6.45, 7) is 21.4. The Hall–Kier alpha value is -6.98. The number of carbonyl (C=O) groups is 10. The van der Waals surface area contributed by atoms with Crippen molar-refractivity contribution >= 4 is 82.0 Å². The average Bonchev–Trinajstić information content (AvgIpc) is 3.74. The van der Waals surface area contributed by atoms with Crippen molar-refractivity contribution < 1.29 is 72.0 Å². The monoisotopic (exact) mass is 970 g/mol. The van der Waals surface area contributed by atoms with E-state index in [0.717, 1.165) is 11.1 Å². The van der Waals surface area contributed by atoms with E-state index < -0.39 is 72.2 Å². The number of hydrogen-bond donors (Lipinski definition) is 9. The zero-order chi connectivity index (χ0) is 52.6. The van der Waals surface area contributed by atoms with E-state index in [2.05, 4.69) is 37.2 Å². The first-order chi connectivity index (χ1) is 32.0. The lowest BCUT2D eigenvalue weighted by Gasteiger charge is -2.24. The molecule has 2 aliphatic rings. The first-order valence-corrected chi connectivity index (χ1v) is 22.0. The lowest BCUT2D eigenvalue weighted by Crippen LogP contribution is -2.52. The largest absolute Gasteiger partial charge is 0.480 e. The van der Waals surface area contributed by atoms with Crippen molar-refractivity contribution in [3.8, 4) is 0 Å². The molecule has 10 N–H and O–H groups in total. The van der Waals surface area contributed by atoms with Crippen LogP contribution in [0, 0.1) is 0 Å². The standard InChI is InChI=1S/C23H32N4O7.C17H23N3O5.C6H11NO3/c1-7-33-22-17(11-18(29)34-22)27-19(30)12(2)24-20(31)21(32)26-16-10-14(25-13(3)28)8-9-15(16)23(4,5)6;1-9(16(24)25)18-14(22)15(23)20-13-8-11(19-10(2)21)6-7-12(13)17(3,4)5;1-2-9-6-4(7)3-5(8)10-6/h8-10,12,17,22H,7,11H2,1-6H3,(H,24,31)(H,25,28)(H,26,32)(H,27,30);6-9H,1-5H3,(H,18,22)(H,19,21)(H,20,23)(H,24,25);4,6H,2-3,7H2,1H3/t12-,17-,22-;9-;4-,6-/m000/s1. The van der Waals surface area contributed by atoms with E-state index in [1.165, 1.54) is 27.7 Å². The molecule has 2 aromatic carbocycles. The summed E-state index contributed by atoms with van der Waals surface area (Å²) in [7, 11) is 0. The van der Waals surface area contributed by atoms with Crippen LogP contribution in [-0.2, 0) is 77.7 Å². The van der Waals surface area contributed by atoms with E-state index in [4.69, 9.17) is 29.8 Å². The number of aliphatic carboxylic acids is 1. The van der Waals surface area contributed by atoms with Crippen LogP contribution in [0.3, 0.4) is 0 Å². The maximum Gasteiger partial charge on any atom is 0.325 e.